The molecule has 3 N–H and O–H groups in total. The molecule has 0 bridgehead atoms. The van der Waals surface area contributed by atoms with Gasteiger partial charge in [-0.25, -0.2) is 5.43 Å². The zero-order valence-corrected chi connectivity index (χ0v) is 21.9. The summed E-state index contributed by atoms with van der Waals surface area (Å²) in [5.74, 6) is -0.793. The lowest BCUT2D eigenvalue weighted by Crippen LogP contribution is -2.32. The Morgan fingerprint density at radius 1 is 0.921 bits per heavy atom. The molecule has 3 rings (SSSR count). The summed E-state index contributed by atoms with van der Waals surface area (Å²) in [7, 11) is 2.83. The minimum atomic E-state index is -0.615. The van der Waals surface area contributed by atoms with Crippen LogP contribution >= 0.6 is 0 Å². The van der Waals surface area contributed by atoms with E-state index >= 15 is 0 Å². The number of phenols is 1. The molecule has 0 atom stereocenters. The van der Waals surface area contributed by atoms with Crippen LogP contribution in [0.4, 0.5) is 5.69 Å². The first-order valence-electron chi connectivity index (χ1n) is 12.1. The van der Waals surface area contributed by atoms with Crippen LogP contribution < -0.4 is 25.1 Å². The Labute approximate surface area is 222 Å². The summed E-state index contributed by atoms with van der Waals surface area (Å²) >= 11 is 0. The molecule has 9 nitrogen and oxygen atoms in total. The van der Waals surface area contributed by atoms with Crippen molar-refractivity contribution in [2.45, 2.75) is 13.8 Å². The predicted molar refractivity (Wildman–Crippen MR) is 149 cm³/mol. The summed E-state index contributed by atoms with van der Waals surface area (Å²) < 4.78 is 10.3. The number of hydrogen-bond donors (Lipinski definition) is 3. The molecule has 0 saturated carbocycles. The largest absolute Gasteiger partial charge is 0.502 e. The van der Waals surface area contributed by atoms with Gasteiger partial charge in [-0.3, -0.25) is 9.59 Å². The van der Waals surface area contributed by atoms with Crippen LogP contribution in [0.1, 0.15) is 35.3 Å². The minimum Gasteiger partial charge on any atom is -0.502 e. The second-order valence-electron chi connectivity index (χ2n) is 8.12. The highest BCUT2D eigenvalue weighted by atomic mass is 16.5. The number of amides is 2. The fraction of sp³-hybridized carbons (Fsp3) is 0.207. The van der Waals surface area contributed by atoms with Gasteiger partial charge in [0, 0.05) is 29.9 Å². The SMILES string of the molecule is CCN(CC)c1ccc(C=C(NC(=O)c2ccccc2)C(=O)N/N=C/c2cc(OC)c(O)c(OC)c2)cc1. The van der Waals surface area contributed by atoms with Gasteiger partial charge in [-0.15, -0.1) is 0 Å². The molecular formula is C29H32N4O5. The summed E-state index contributed by atoms with van der Waals surface area (Å²) in [6.07, 6.45) is 2.96. The molecule has 9 heteroatoms. The molecule has 0 aliphatic heterocycles. The van der Waals surface area contributed by atoms with Gasteiger partial charge in [-0.1, -0.05) is 30.3 Å². The summed E-state index contributed by atoms with van der Waals surface area (Å²) in [4.78, 5) is 28.1. The third-order valence-electron chi connectivity index (χ3n) is 5.74. The fourth-order valence-electron chi connectivity index (χ4n) is 3.69. The molecular weight excluding hydrogens is 484 g/mol. The summed E-state index contributed by atoms with van der Waals surface area (Å²) in [6, 6.07) is 19.4. The molecule has 0 spiro atoms. The van der Waals surface area contributed by atoms with Crippen LogP contribution in [0, 0.1) is 0 Å². The van der Waals surface area contributed by atoms with Crippen LogP contribution in [0.15, 0.2) is 77.5 Å². The standard InChI is InChI=1S/C29H32N4O5/c1-5-33(6-2)23-14-12-20(13-15-23)16-24(31-28(35)22-10-8-7-9-11-22)29(36)32-30-19-21-17-25(37-3)27(34)26(18-21)38-4/h7-19,34H,5-6H2,1-4H3,(H,31,35)(H,32,36)/b24-16?,30-19+. The van der Waals surface area contributed by atoms with E-state index in [9.17, 15) is 14.7 Å². The Hall–Kier alpha value is -4.79. The maximum Gasteiger partial charge on any atom is 0.287 e. The number of anilines is 1. The Morgan fingerprint density at radius 2 is 1.53 bits per heavy atom. The molecule has 0 aromatic heterocycles. The van der Waals surface area contributed by atoms with Crippen molar-refractivity contribution in [1.29, 1.82) is 0 Å². The topological polar surface area (TPSA) is 112 Å². The van der Waals surface area contributed by atoms with Crippen molar-refractivity contribution >= 4 is 29.8 Å². The second-order valence-corrected chi connectivity index (χ2v) is 8.12. The van der Waals surface area contributed by atoms with E-state index in [1.54, 1.807) is 48.5 Å². The van der Waals surface area contributed by atoms with Gasteiger partial charge in [-0.2, -0.15) is 5.10 Å². The van der Waals surface area contributed by atoms with Gasteiger partial charge in [0.15, 0.2) is 11.5 Å². The molecule has 0 heterocycles. The third kappa shape index (κ3) is 7.13. The zero-order chi connectivity index (χ0) is 27.5. The van der Waals surface area contributed by atoms with Crippen molar-refractivity contribution in [3.63, 3.8) is 0 Å². The number of methoxy groups -OCH3 is 2. The molecule has 0 aliphatic rings. The van der Waals surface area contributed by atoms with Crippen LogP contribution in [0.2, 0.25) is 0 Å². The minimum absolute atomic E-state index is 0.0208. The van der Waals surface area contributed by atoms with E-state index in [4.69, 9.17) is 9.47 Å². The maximum atomic E-state index is 13.1. The van der Waals surface area contributed by atoms with Crippen LogP contribution in [-0.2, 0) is 4.79 Å². The molecule has 198 valence electrons. The molecule has 38 heavy (non-hydrogen) atoms. The van der Waals surface area contributed by atoms with Crippen LogP contribution in [-0.4, -0.2) is 50.4 Å². The zero-order valence-electron chi connectivity index (χ0n) is 21.9. The van der Waals surface area contributed by atoms with Gasteiger partial charge >= 0.3 is 0 Å². The van der Waals surface area contributed by atoms with Gasteiger partial charge in [-0.05, 0) is 61.9 Å². The van der Waals surface area contributed by atoms with E-state index < -0.39 is 11.8 Å². The summed E-state index contributed by atoms with van der Waals surface area (Å²) in [6.45, 7) is 5.93. The van der Waals surface area contributed by atoms with Crippen LogP contribution in [0.5, 0.6) is 17.2 Å². The van der Waals surface area contributed by atoms with Crippen LogP contribution in [0.3, 0.4) is 0 Å². The molecule has 2 amide bonds. The number of carbonyl (C=O) groups excluding carboxylic acids is 2. The number of hydrazone groups is 1. The number of carbonyl (C=O) groups is 2. The van der Waals surface area contributed by atoms with E-state index in [1.807, 2.05) is 24.3 Å². The van der Waals surface area contributed by atoms with Gasteiger partial charge in [0.05, 0.1) is 20.4 Å². The predicted octanol–water partition coefficient (Wildman–Crippen LogP) is 4.18. The van der Waals surface area contributed by atoms with Gasteiger partial charge < -0.3 is 24.8 Å². The number of phenolic OH excluding ortho intramolecular Hbond substituents is 1. The Morgan fingerprint density at radius 3 is 2.08 bits per heavy atom. The first kappa shape index (κ1) is 27.8. The molecule has 0 saturated heterocycles. The van der Waals surface area contributed by atoms with Crippen molar-refractivity contribution in [2.24, 2.45) is 5.10 Å². The van der Waals surface area contributed by atoms with E-state index in [2.05, 4.69) is 34.6 Å². The van der Waals surface area contributed by atoms with E-state index in [0.29, 0.717) is 11.1 Å². The Balaban J connectivity index is 1.85. The van der Waals surface area contributed by atoms with Crippen LogP contribution in [0.25, 0.3) is 6.08 Å². The van der Waals surface area contributed by atoms with Gasteiger partial charge in [0.2, 0.25) is 5.75 Å². The number of hydrogen-bond acceptors (Lipinski definition) is 7. The monoisotopic (exact) mass is 516 g/mol. The second kappa shape index (κ2) is 13.5. The number of rotatable bonds is 11. The van der Waals surface area contributed by atoms with E-state index in [0.717, 1.165) is 24.3 Å². The number of benzene rings is 3. The van der Waals surface area contributed by atoms with Crippen molar-refractivity contribution in [3.05, 3.63) is 89.1 Å². The first-order valence-corrected chi connectivity index (χ1v) is 12.1. The van der Waals surface area contributed by atoms with Crippen molar-refractivity contribution in [1.82, 2.24) is 10.7 Å². The number of ether oxygens (including phenoxy) is 2. The average molecular weight is 517 g/mol. The molecule has 3 aromatic carbocycles. The lowest BCUT2D eigenvalue weighted by Gasteiger charge is -2.21. The molecule has 0 unspecified atom stereocenters. The number of nitrogens with zero attached hydrogens (tertiary/aromatic N) is 2. The Bertz CT molecular complexity index is 1280. The summed E-state index contributed by atoms with van der Waals surface area (Å²) in [5, 5.41) is 16.8. The lowest BCUT2D eigenvalue weighted by molar-refractivity contribution is -0.117. The lowest BCUT2D eigenvalue weighted by atomic mass is 10.1. The van der Waals surface area contributed by atoms with E-state index in [-0.39, 0.29) is 22.9 Å². The van der Waals surface area contributed by atoms with Gasteiger partial charge in [0.25, 0.3) is 11.8 Å². The van der Waals surface area contributed by atoms with E-state index in [1.165, 1.54) is 20.4 Å². The summed E-state index contributed by atoms with van der Waals surface area (Å²) in [5.41, 5.74) is 5.19. The van der Waals surface area contributed by atoms with Crippen molar-refractivity contribution in [2.75, 3.05) is 32.2 Å². The number of aromatic hydroxyl groups is 1. The smallest absolute Gasteiger partial charge is 0.287 e. The highest BCUT2D eigenvalue weighted by molar-refractivity contribution is 6.05. The highest BCUT2D eigenvalue weighted by Gasteiger charge is 2.15. The fourth-order valence-corrected chi connectivity index (χ4v) is 3.69. The molecule has 0 radical (unpaired) electrons. The van der Waals surface area contributed by atoms with Crippen molar-refractivity contribution in [3.8, 4) is 17.2 Å². The highest BCUT2D eigenvalue weighted by Crippen LogP contribution is 2.36. The van der Waals surface area contributed by atoms with Gasteiger partial charge in [0.1, 0.15) is 5.70 Å². The third-order valence-corrected chi connectivity index (χ3v) is 5.74. The Kier molecular flexibility index (Phi) is 9.87. The first-order chi connectivity index (χ1) is 18.4. The maximum absolute atomic E-state index is 13.1. The average Bonchev–Trinajstić information content (AvgIpc) is 2.95. The molecule has 0 fully saturated rings. The molecule has 3 aromatic rings. The quantitative estimate of drug-likeness (QED) is 0.200. The molecule has 0 aliphatic carbocycles. The normalized spacial score (nSPS) is 11.2. The number of nitrogens with one attached hydrogen (secondary N) is 2. The van der Waals surface area contributed by atoms with Crippen molar-refractivity contribution < 1.29 is 24.2 Å².